The van der Waals surface area contributed by atoms with Crippen molar-refractivity contribution in [3.8, 4) is 0 Å². The Morgan fingerprint density at radius 2 is 1.71 bits per heavy atom. The van der Waals surface area contributed by atoms with Gasteiger partial charge in [-0.05, 0) is 35.9 Å². The molecule has 2 rings (SSSR count). The SMILES string of the molecule is NC(=O)CN(Cc1ccc(F)cc1)S(=O)(=O)c1ccc(Cl)c(Cl)c1. The average Bonchev–Trinajstić information content (AvgIpc) is 2.51. The fourth-order valence-corrected chi connectivity index (χ4v) is 3.76. The van der Waals surface area contributed by atoms with Gasteiger partial charge in [0, 0.05) is 6.54 Å². The monoisotopic (exact) mass is 390 g/mol. The van der Waals surface area contributed by atoms with E-state index in [4.69, 9.17) is 28.9 Å². The molecule has 0 unspecified atom stereocenters. The Labute approximate surface area is 148 Å². The predicted octanol–water partition coefficient (Wildman–Crippen LogP) is 2.81. The maximum absolute atomic E-state index is 13.0. The summed E-state index contributed by atoms with van der Waals surface area (Å²) in [6, 6.07) is 9.06. The van der Waals surface area contributed by atoms with Crippen LogP contribution in [0.25, 0.3) is 0 Å². The Morgan fingerprint density at radius 1 is 1.08 bits per heavy atom. The Balaban J connectivity index is 2.39. The van der Waals surface area contributed by atoms with Gasteiger partial charge in [-0.25, -0.2) is 12.8 Å². The molecule has 1 amide bonds. The maximum Gasteiger partial charge on any atom is 0.243 e. The molecule has 0 heterocycles. The first-order valence-corrected chi connectivity index (χ1v) is 8.87. The molecular weight excluding hydrogens is 378 g/mol. The number of primary amides is 1. The van der Waals surface area contributed by atoms with Gasteiger partial charge in [0.15, 0.2) is 0 Å². The first-order chi connectivity index (χ1) is 11.2. The van der Waals surface area contributed by atoms with Crippen molar-refractivity contribution in [2.75, 3.05) is 6.54 Å². The largest absolute Gasteiger partial charge is 0.369 e. The fourth-order valence-electron chi connectivity index (χ4n) is 1.98. The number of nitrogens with zero attached hydrogens (tertiary/aromatic N) is 1. The van der Waals surface area contributed by atoms with E-state index in [2.05, 4.69) is 0 Å². The minimum absolute atomic E-state index is 0.0681. The number of sulfonamides is 1. The summed E-state index contributed by atoms with van der Waals surface area (Å²) in [6.07, 6.45) is 0. The summed E-state index contributed by atoms with van der Waals surface area (Å²) in [5.74, 6) is -1.27. The minimum atomic E-state index is -4.05. The van der Waals surface area contributed by atoms with E-state index in [1.807, 2.05) is 0 Å². The lowest BCUT2D eigenvalue weighted by molar-refractivity contribution is -0.118. The highest BCUT2D eigenvalue weighted by Crippen LogP contribution is 2.27. The molecule has 0 aliphatic carbocycles. The zero-order chi connectivity index (χ0) is 17.9. The van der Waals surface area contributed by atoms with E-state index in [1.165, 1.54) is 42.5 Å². The lowest BCUT2D eigenvalue weighted by atomic mass is 10.2. The van der Waals surface area contributed by atoms with E-state index in [1.54, 1.807) is 0 Å². The van der Waals surface area contributed by atoms with Crippen LogP contribution < -0.4 is 5.73 Å². The van der Waals surface area contributed by atoms with Crippen LogP contribution in [0.2, 0.25) is 10.0 Å². The molecule has 0 radical (unpaired) electrons. The Bertz CT molecular complexity index is 858. The average molecular weight is 391 g/mol. The van der Waals surface area contributed by atoms with Gasteiger partial charge in [0.25, 0.3) is 0 Å². The van der Waals surface area contributed by atoms with Crippen LogP contribution in [0.1, 0.15) is 5.56 Å². The second-order valence-corrected chi connectivity index (χ2v) is 7.69. The van der Waals surface area contributed by atoms with Crippen LogP contribution in [0.3, 0.4) is 0 Å². The van der Waals surface area contributed by atoms with E-state index in [0.29, 0.717) is 5.56 Å². The third-order valence-electron chi connectivity index (χ3n) is 3.13. The number of nitrogens with two attached hydrogens (primary N) is 1. The van der Waals surface area contributed by atoms with Crippen molar-refractivity contribution in [1.29, 1.82) is 0 Å². The normalized spacial score (nSPS) is 11.7. The van der Waals surface area contributed by atoms with Gasteiger partial charge in [-0.2, -0.15) is 4.31 Å². The highest BCUT2D eigenvalue weighted by molar-refractivity contribution is 7.89. The fraction of sp³-hybridized carbons (Fsp3) is 0.133. The van der Waals surface area contributed by atoms with Crippen molar-refractivity contribution in [3.63, 3.8) is 0 Å². The van der Waals surface area contributed by atoms with Gasteiger partial charge in [-0.3, -0.25) is 4.79 Å². The summed E-state index contributed by atoms with van der Waals surface area (Å²) in [5, 5.41) is 0.272. The summed E-state index contributed by atoms with van der Waals surface area (Å²) < 4.78 is 39.4. The van der Waals surface area contributed by atoms with Crippen LogP contribution in [0, 0.1) is 5.82 Å². The van der Waals surface area contributed by atoms with Gasteiger partial charge < -0.3 is 5.73 Å². The number of amides is 1. The van der Waals surface area contributed by atoms with E-state index in [-0.39, 0.29) is 21.5 Å². The Kier molecular flexibility index (Phi) is 5.82. The molecule has 0 spiro atoms. The van der Waals surface area contributed by atoms with Crippen LogP contribution in [-0.4, -0.2) is 25.2 Å². The lowest BCUT2D eigenvalue weighted by Crippen LogP contribution is -2.38. The van der Waals surface area contributed by atoms with Crippen molar-refractivity contribution in [3.05, 3.63) is 63.9 Å². The lowest BCUT2D eigenvalue weighted by Gasteiger charge is -2.21. The highest BCUT2D eigenvalue weighted by Gasteiger charge is 2.26. The van der Waals surface area contributed by atoms with E-state index < -0.39 is 28.3 Å². The van der Waals surface area contributed by atoms with Crippen molar-refractivity contribution in [2.24, 2.45) is 5.73 Å². The van der Waals surface area contributed by atoms with Crippen molar-refractivity contribution in [1.82, 2.24) is 4.31 Å². The topological polar surface area (TPSA) is 80.5 Å². The van der Waals surface area contributed by atoms with Crippen LogP contribution >= 0.6 is 23.2 Å². The smallest absolute Gasteiger partial charge is 0.243 e. The Morgan fingerprint density at radius 3 is 2.25 bits per heavy atom. The number of benzene rings is 2. The number of halogens is 3. The first kappa shape index (κ1) is 18.7. The van der Waals surface area contributed by atoms with Crippen molar-refractivity contribution in [2.45, 2.75) is 11.4 Å². The van der Waals surface area contributed by atoms with Crippen LogP contribution in [0.5, 0.6) is 0 Å². The summed E-state index contributed by atoms with van der Waals surface area (Å²) in [6.45, 7) is -0.675. The van der Waals surface area contributed by atoms with Gasteiger partial charge in [-0.1, -0.05) is 35.3 Å². The quantitative estimate of drug-likeness (QED) is 0.823. The zero-order valence-electron chi connectivity index (χ0n) is 12.2. The van der Waals surface area contributed by atoms with Crippen molar-refractivity contribution >= 4 is 39.1 Å². The van der Waals surface area contributed by atoms with Gasteiger partial charge in [-0.15, -0.1) is 0 Å². The van der Waals surface area contributed by atoms with Crippen LogP contribution in [0.4, 0.5) is 4.39 Å². The number of carbonyl (C=O) groups is 1. The number of carbonyl (C=O) groups excluding carboxylic acids is 1. The van der Waals surface area contributed by atoms with E-state index in [0.717, 1.165) is 4.31 Å². The molecule has 2 aromatic rings. The minimum Gasteiger partial charge on any atom is -0.369 e. The van der Waals surface area contributed by atoms with Crippen LogP contribution in [-0.2, 0) is 21.4 Å². The van der Waals surface area contributed by atoms with Gasteiger partial charge >= 0.3 is 0 Å². The number of hydrogen-bond acceptors (Lipinski definition) is 3. The number of hydrogen-bond donors (Lipinski definition) is 1. The molecule has 0 saturated carbocycles. The maximum atomic E-state index is 13.0. The highest BCUT2D eigenvalue weighted by atomic mass is 35.5. The van der Waals surface area contributed by atoms with Gasteiger partial charge in [0.05, 0.1) is 21.5 Å². The summed E-state index contributed by atoms with van der Waals surface area (Å²) in [4.78, 5) is 11.1. The molecular formula is C15H13Cl2FN2O3S. The molecule has 0 aromatic heterocycles. The third-order valence-corrected chi connectivity index (χ3v) is 5.66. The molecule has 0 saturated heterocycles. The van der Waals surface area contributed by atoms with Gasteiger partial charge in [0.2, 0.25) is 15.9 Å². The molecule has 0 aliphatic rings. The molecule has 0 bridgehead atoms. The van der Waals surface area contributed by atoms with Crippen molar-refractivity contribution < 1.29 is 17.6 Å². The summed E-state index contributed by atoms with van der Waals surface area (Å²) in [7, 11) is -4.05. The van der Waals surface area contributed by atoms with E-state index >= 15 is 0 Å². The van der Waals surface area contributed by atoms with Crippen LogP contribution in [0.15, 0.2) is 47.4 Å². The summed E-state index contributed by atoms with van der Waals surface area (Å²) >= 11 is 11.6. The second-order valence-electron chi connectivity index (χ2n) is 4.94. The van der Waals surface area contributed by atoms with E-state index in [9.17, 15) is 17.6 Å². The molecule has 128 valence electrons. The third kappa shape index (κ3) is 4.45. The zero-order valence-corrected chi connectivity index (χ0v) is 14.6. The Hall–Kier alpha value is -1.67. The molecule has 9 heteroatoms. The second kappa shape index (κ2) is 7.48. The molecule has 5 nitrogen and oxygen atoms in total. The summed E-state index contributed by atoms with van der Waals surface area (Å²) in [5.41, 5.74) is 5.65. The molecule has 0 fully saturated rings. The molecule has 0 atom stereocenters. The molecule has 24 heavy (non-hydrogen) atoms. The molecule has 2 N–H and O–H groups in total. The molecule has 2 aromatic carbocycles. The molecule has 0 aliphatic heterocycles. The standard InChI is InChI=1S/C15H13Cl2FN2O3S/c16-13-6-5-12(7-14(13)17)24(22,23)20(9-15(19)21)8-10-1-3-11(18)4-2-10/h1-7H,8-9H2,(H2,19,21). The predicted molar refractivity (Wildman–Crippen MR) is 89.7 cm³/mol. The number of rotatable bonds is 6. The first-order valence-electron chi connectivity index (χ1n) is 6.68. The van der Waals surface area contributed by atoms with Gasteiger partial charge in [0.1, 0.15) is 5.82 Å².